The average Bonchev–Trinajstić information content (AvgIpc) is 3.30. The van der Waals surface area contributed by atoms with Crippen molar-refractivity contribution in [3.8, 4) is 16.9 Å². The summed E-state index contributed by atoms with van der Waals surface area (Å²) in [5.41, 5.74) is 4.62. The molecule has 1 amide bonds. The summed E-state index contributed by atoms with van der Waals surface area (Å²) in [4.78, 5) is 26.6. The fraction of sp³-hybridized carbons (Fsp3) is 0.407. The number of benzene rings is 2. The number of carbonyl (C=O) groups excluding carboxylic acids is 1. The summed E-state index contributed by atoms with van der Waals surface area (Å²) in [5, 5.41) is 19.0. The number of nitro benzene ring substituents is 1. The molecule has 1 aromatic heterocycles. The normalized spacial score (nSPS) is 16.3. The fourth-order valence-corrected chi connectivity index (χ4v) is 4.58. The van der Waals surface area contributed by atoms with E-state index in [2.05, 4.69) is 22.2 Å². The number of hydrogen-bond acceptors (Lipinski definition) is 5. The van der Waals surface area contributed by atoms with Crippen molar-refractivity contribution in [1.82, 2.24) is 20.0 Å². The molecule has 4 rings (SSSR count). The number of aromatic nitrogens is 2. The van der Waals surface area contributed by atoms with Gasteiger partial charge in [0.1, 0.15) is 5.69 Å². The van der Waals surface area contributed by atoms with Gasteiger partial charge in [-0.25, -0.2) is 4.68 Å². The van der Waals surface area contributed by atoms with Crippen molar-refractivity contribution < 1.29 is 9.72 Å². The maximum absolute atomic E-state index is 13.2. The minimum absolute atomic E-state index is 0.0484. The Morgan fingerprint density at radius 2 is 1.97 bits per heavy atom. The largest absolute Gasteiger partial charge is 0.351 e. The van der Waals surface area contributed by atoms with Crippen molar-refractivity contribution in [3.63, 3.8) is 0 Å². The minimum atomic E-state index is -0.446. The first-order chi connectivity index (χ1) is 16.8. The lowest BCUT2D eigenvalue weighted by molar-refractivity contribution is -0.384. The van der Waals surface area contributed by atoms with Crippen molar-refractivity contribution in [2.45, 2.75) is 52.5 Å². The Labute approximate surface area is 206 Å². The summed E-state index contributed by atoms with van der Waals surface area (Å²) in [6, 6.07) is 14.6. The van der Waals surface area contributed by atoms with E-state index in [1.165, 1.54) is 41.6 Å². The molecule has 3 aromatic rings. The van der Waals surface area contributed by atoms with Crippen molar-refractivity contribution >= 4 is 11.6 Å². The lowest BCUT2D eigenvalue weighted by atomic mass is 10.0. The Bertz CT molecular complexity index is 1220. The van der Waals surface area contributed by atoms with Gasteiger partial charge in [-0.15, -0.1) is 0 Å². The number of nitrogens with zero attached hydrogens (tertiary/aromatic N) is 4. The summed E-state index contributed by atoms with van der Waals surface area (Å²) in [7, 11) is 0. The van der Waals surface area contributed by atoms with E-state index in [9.17, 15) is 14.9 Å². The second-order valence-corrected chi connectivity index (χ2v) is 9.39. The summed E-state index contributed by atoms with van der Waals surface area (Å²) >= 11 is 0. The second kappa shape index (κ2) is 10.8. The Kier molecular flexibility index (Phi) is 7.60. The van der Waals surface area contributed by atoms with Crippen LogP contribution >= 0.6 is 0 Å². The molecule has 2 heterocycles. The van der Waals surface area contributed by atoms with Crippen molar-refractivity contribution in [3.05, 3.63) is 75.5 Å². The number of non-ortho nitro benzene ring substituents is 1. The number of piperidine rings is 1. The van der Waals surface area contributed by atoms with Gasteiger partial charge in [0.25, 0.3) is 11.6 Å². The number of aryl methyl sites for hydroxylation is 2. The molecule has 1 fully saturated rings. The van der Waals surface area contributed by atoms with Gasteiger partial charge in [0.15, 0.2) is 0 Å². The van der Waals surface area contributed by atoms with Gasteiger partial charge in [-0.2, -0.15) is 5.10 Å². The molecule has 8 nitrogen and oxygen atoms in total. The molecule has 184 valence electrons. The van der Waals surface area contributed by atoms with E-state index < -0.39 is 4.92 Å². The van der Waals surface area contributed by atoms with E-state index in [-0.39, 0.29) is 11.6 Å². The lowest BCUT2D eigenvalue weighted by Crippen LogP contribution is -2.39. The molecule has 0 radical (unpaired) electrons. The first-order valence-electron chi connectivity index (χ1n) is 12.3. The summed E-state index contributed by atoms with van der Waals surface area (Å²) in [5.74, 6) is -0.245. The zero-order chi connectivity index (χ0) is 24.9. The molecule has 0 bridgehead atoms. The molecule has 1 N–H and O–H groups in total. The van der Waals surface area contributed by atoms with E-state index in [1.807, 2.05) is 32.0 Å². The molecule has 8 heteroatoms. The van der Waals surface area contributed by atoms with E-state index in [0.29, 0.717) is 29.7 Å². The van der Waals surface area contributed by atoms with Gasteiger partial charge in [0, 0.05) is 36.8 Å². The molecule has 1 atom stereocenters. The van der Waals surface area contributed by atoms with E-state index in [1.54, 1.807) is 18.2 Å². The molecular weight excluding hydrogens is 442 g/mol. The number of nitro groups is 1. The van der Waals surface area contributed by atoms with Gasteiger partial charge in [0.05, 0.1) is 16.3 Å². The zero-order valence-corrected chi connectivity index (χ0v) is 20.7. The topological polar surface area (TPSA) is 93.3 Å². The number of nitrogens with one attached hydrogen (secondary N) is 1. The maximum Gasteiger partial charge on any atom is 0.271 e. The Hall–Kier alpha value is -3.52. The van der Waals surface area contributed by atoms with Gasteiger partial charge >= 0.3 is 0 Å². The highest BCUT2D eigenvalue weighted by Gasteiger charge is 2.20. The number of hydrogen-bond donors (Lipinski definition) is 1. The maximum atomic E-state index is 13.2. The number of amides is 1. The standard InChI is InChI=1S/C27H33N5O3/c1-19-11-12-22(16-20(19)2)25-18-26(31(29-25)23-9-6-10-24(17-23)32(34)35)27(33)28-13-7-15-30-14-5-4-8-21(30)3/h6,9-12,16-18,21H,4-5,7-8,13-15H2,1-3H3,(H,28,33). The van der Waals surface area contributed by atoms with Gasteiger partial charge in [-0.05, 0) is 75.9 Å². The predicted octanol–water partition coefficient (Wildman–Crippen LogP) is 5.06. The van der Waals surface area contributed by atoms with Crippen LogP contribution in [-0.2, 0) is 0 Å². The molecule has 35 heavy (non-hydrogen) atoms. The van der Waals surface area contributed by atoms with Crippen LogP contribution in [0.2, 0.25) is 0 Å². The zero-order valence-electron chi connectivity index (χ0n) is 20.7. The van der Waals surface area contributed by atoms with E-state index in [0.717, 1.165) is 30.6 Å². The lowest BCUT2D eigenvalue weighted by Gasteiger charge is -2.33. The SMILES string of the molecule is Cc1ccc(-c2cc(C(=O)NCCCN3CCCCC3C)n(-c3cccc([N+](=O)[O-])c3)n2)cc1C. The van der Waals surface area contributed by atoms with Gasteiger partial charge in [-0.3, -0.25) is 14.9 Å². The molecule has 1 aliphatic heterocycles. The molecule has 0 aliphatic carbocycles. The third-order valence-electron chi connectivity index (χ3n) is 6.88. The van der Waals surface area contributed by atoms with Crippen LogP contribution in [0.25, 0.3) is 16.9 Å². The van der Waals surface area contributed by atoms with Crippen LogP contribution in [0.3, 0.4) is 0 Å². The number of rotatable bonds is 8. The highest BCUT2D eigenvalue weighted by atomic mass is 16.6. The van der Waals surface area contributed by atoms with Crippen molar-refractivity contribution in [1.29, 1.82) is 0 Å². The summed E-state index contributed by atoms with van der Waals surface area (Å²) in [6.45, 7) is 8.98. The van der Waals surface area contributed by atoms with Crippen LogP contribution in [0.5, 0.6) is 0 Å². The smallest absolute Gasteiger partial charge is 0.271 e. The summed E-state index contributed by atoms with van der Waals surface area (Å²) < 4.78 is 1.50. The highest BCUT2D eigenvalue weighted by molar-refractivity contribution is 5.94. The van der Waals surface area contributed by atoms with Crippen LogP contribution in [0.1, 0.15) is 54.2 Å². The molecule has 1 saturated heterocycles. The summed E-state index contributed by atoms with van der Waals surface area (Å²) in [6.07, 6.45) is 4.63. The first kappa shape index (κ1) is 24.6. The van der Waals surface area contributed by atoms with Gasteiger partial charge < -0.3 is 10.2 Å². The van der Waals surface area contributed by atoms with Crippen LogP contribution < -0.4 is 5.32 Å². The highest BCUT2D eigenvalue weighted by Crippen LogP contribution is 2.25. The first-order valence-corrected chi connectivity index (χ1v) is 12.3. The third-order valence-corrected chi connectivity index (χ3v) is 6.88. The van der Waals surface area contributed by atoms with Crippen molar-refractivity contribution in [2.75, 3.05) is 19.6 Å². The Morgan fingerprint density at radius 3 is 2.71 bits per heavy atom. The van der Waals surface area contributed by atoms with Crippen LogP contribution in [-0.4, -0.2) is 51.2 Å². The number of likely N-dealkylation sites (tertiary alicyclic amines) is 1. The number of carbonyl (C=O) groups is 1. The predicted molar refractivity (Wildman–Crippen MR) is 137 cm³/mol. The monoisotopic (exact) mass is 475 g/mol. The molecule has 1 aliphatic rings. The van der Waals surface area contributed by atoms with Gasteiger partial charge in [0.2, 0.25) is 0 Å². The van der Waals surface area contributed by atoms with E-state index >= 15 is 0 Å². The molecule has 2 aromatic carbocycles. The van der Waals surface area contributed by atoms with Crippen LogP contribution in [0.4, 0.5) is 5.69 Å². The minimum Gasteiger partial charge on any atom is -0.351 e. The van der Waals surface area contributed by atoms with Crippen LogP contribution in [0, 0.1) is 24.0 Å². The quantitative estimate of drug-likeness (QED) is 0.279. The molecular formula is C27H33N5O3. The molecule has 0 spiro atoms. The second-order valence-electron chi connectivity index (χ2n) is 9.39. The third kappa shape index (κ3) is 5.77. The van der Waals surface area contributed by atoms with Crippen molar-refractivity contribution in [2.24, 2.45) is 0 Å². The van der Waals surface area contributed by atoms with Crippen LogP contribution in [0.15, 0.2) is 48.5 Å². The van der Waals surface area contributed by atoms with Gasteiger partial charge in [-0.1, -0.05) is 24.6 Å². The Morgan fingerprint density at radius 1 is 1.14 bits per heavy atom. The fourth-order valence-electron chi connectivity index (χ4n) is 4.58. The molecule has 1 unspecified atom stereocenters. The van der Waals surface area contributed by atoms with E-state index in [4.69, 9.17) is 0 Å². The molecule has 0 saturated carbocycles. The average molecular weight is 476 g/mol. The Balaban J connectivity index is 1.57.